The smallest absolute Gasteiger partial charge is 0.239 e. The number of ether oxygens (including phenoxy) is 1. The van der Waals surface area contributed by atoms with Crippen LogP contribution in [0.2, 0.25) is 0 Å². The molecule has 1 aliphatic heterocycles. The first-order valence-electron chi connectivity index (χ1n) is 7.02. The maximum absolute atomic E-state index is 12.4. The van der Waals surface area contributed by atoms with Gasteiger partial charge in [0.05, 0.1) is 19.2 Å². The second-order valence-electron chi connectivity index (χ2n) is 5.05. The number of amides is 1. The molecule has 0 aliphatic carbocycles. The minimum Gasteiger partial charge on any atom is -0.370 e. The van der Waals surface area contributed by atoms with Crippen LogP contribution in [0.15, 0.2) is 28.7 Å². The van der Waals surface area contributed by atoms with Gasteiger partial charge in [0.2, 0.25) is 5.91 Å². The van der Waals surface area contributed by atoms with Gasteiger partial charge in [-0.1, -0.05) is 34.1 Å². The standard InChI is InChI=1S/C15H21BrN2O2S/c1-21-9-6-13(17)15(19)18-7-8-20-14(10-18)11-4-2-3-5-12(11)16/h2-5,13-14H,6-10,17H2,1H3/t13-,14?/m0/s1. The lowest BCUT2D eigenvalue weighted by Gasteiger charge is -2.35. The summed E-state index contributed by atoms with van der Waals surface area (Å²) < 4.78 is 6.83. The van der Waals surface area contributed by atoms with Crippen LogP contribution < -0.4 is 5.73 Å². The number of thioether (sulfide) groups is 1. The van der Waals surface area contributed by atoms with Gasteiger partial charge in [0.1, 0.15) is 6.10 Å². The van der Waals surface area contributed by atoms with Crippen LogP contribution in [0.3, 0.4) is 0 Å². The fraction of sp³-hybridized carbons (Fsp3) is 0.533. The van der Waals surface area contributed by atoms with Crippen molar-refractivity contribution in [2.75, 3.05) is 31.7 Å². The van der Waals surface area contributed by atoms with E-state index in [9.17, 15) is 4.79 Å². The van der Waals surface area contributed by atoms with Gasteiger partial charge in [0.15, 0.2) is 0 Å². The zero-order valence-corrected chi connectivity index (χ0v) is 14.5. The normalized spacial score (nSPS) is 20.3. The maximum atomic E-state index is 12.4. The highest BCUT2D eigenvalue weighted by molar-refractivity contribution is 9.10. The van der Waals surface area contributed by atoms with Crippen molar-refractivity contribution in [3.63, 3.8) is 0 Å². The average Bonchev–Trinajstić information content (AvgIpc) is 2.52. The third-order valence-corrected chi connectivity index (χ3v) is 4.95. The summed E-state index contributed by atoms with van der Waals surface area (Å²) >= 11 is 5.25. The van der Waals surface area contributed by atoms with Crippen molar-refractivity contribution in [3.8, 4) is 0 Å². The van der Waals surface area contributed by atoms with E-state index in [4.69, 9.17) is 10.5 Å². The number of rotatable bonds is 5. The Morgan fingerprint density at radius 3 is 3.05 bits per heavy atom. The molecule has 2 atom stereocenters. The largest absolute Gasteiger partial charge is 0.370 e. The van der Waals surface area contributed by atoms with Gasteiger partial charge in [0.25, 0.3) is 0 Å². The lowest BCUT2D eigenvalue weighted by atomic mass is 10.1. The van der Waals surface area contributed by atoms with E-state index in [1.54, 1.807) is 11.8 Å². The Kier molecular flexibility index (Phi) is 6.54. The molecule has 0 spiro atoms. The molecule has 1 aromatic carbocycles. The van der Waals surface area contributed by atoms with Crippen LogP contribution in [-0.4, -0.2) is 48.6 Å². The number of benzene rings is 1. The van der Waals surface area contributed by atoms with Crippen LogP contribution in [0.25, 0.3) is 0 Å². The molecular weight excluding hydrogens is 352 g/mol. The zero-order valence-electron chi connectivity index (χ0n) is 12.1. The molecule has 2 rings (SSSR count). The zero-order chi connectivity index (χ0) is 15.2. The summed E-state index contributed by atoms with van der Waals surface area (Å²) in [4.78, 5) is 14.2. The van der Waals surface area contributed by atoms with Crippen LogP contribution in [-0.2, 0) is 9.53 Å². The Morgan fingerprint density at radius 1 is 1.57 bits per heavy atom. The van der Waals surface area contributed by atoms with Crippen molar-refractivity contribution in [3.05, 3.63) is 34.3 Å². The van der Waals surface area contributed by atoms with Gasteiger partial charge in [-0.3, -0.25) is 4.79 Å². The number of hydrogen-bond acceptors (Lipinski definition) is 4. The number of carbonyl (C=O) groups excluding carboxylic acids is 1. The van der Waals surface area contributed by atoms with Crippen molar-refractivity contribution < 1.29 is 9.53 Å². The van der Waals surface area contributed by atoms with Crippen molar-refractivity contribution in [2.45, 2.75) is 18.6 Å². The Morgan fingerprint density at radius 2 is 2.33 bits per heavy atom. The Hall–Kier alpha value is -0.560. The molecule has 4 nitrogen and oxygen atoms in total. The fourth-order valence-corrected chi connectivity index (χ4v) is 3.41. The number of halogens is 1. The van der Waals surface area contributed by atoms with Crippen molar-refractivity contribution >= 4 is 33.6 Å². The quantitative estimate of drug-likeness (QED) is 0.862. The van der Waals surface area contributed by atoms with Crippen LogP contribution in [0.4, 0.5) is 0 Å². The van der Waals surface area contributed by atoms with Gasteiger partial charge in [-0.2, -0.15) is 11.8 Å². The molecule has 1 aromatic rings. The minimum atomic E-state index is -0.407. The maximum Gasteiger partial charge on any atom is 0.239 e. The summed E-state index contributed by atoms with van der Waals surface area (Å²) in [5.41, 5.74) is 7.07. The molecule has 1 amide bonds. The van der Waals surface area contributed by atoms with E-state index in [0.717, 1.165) is 22.2 Å². The van der Waals surface area contributed by atoms with Crippen LogP contribution >= 0.6 is 27.7 Å². The summed E-state index contributed by atoms with van der Waals surface area (Å²) in [6.45, 7) is 1.73. The highest BCUT2D eigenvalue weighted by Crippen LogP contribution is 2.28. The van der Waals surface area contributed by atoms with E-state index in [2.05, 4.69) is 15.9 Å². The van der Waals surface area contributed by atoms with Gasteiger partial charge in [-0.15, -0.1) is 0 Å². The monoisotopic (exact) mass is 372 g/mol. The lowest BCUT2D eigenvalue weighted by Crippen LogP contribution is -2.49. The van der Waals surface area contributed by atoms with E-state index in [-0.39, 0.29) is 12.0 Å². The first-order valence-corrected chi connectivity index (χ1v) is 9.21. The molecule has 21 heavy (non-hydrogen) atoms. The molecule has 1 unspecified atom stereocenters. The lowest BCUT2D eigenvalue weighted by molar-refractivity contribution is -0.140. The molecule has 6 heteroatoms. The molecule has 1 heterocycles. The van der Waals surface area contributed by atoms with Gasteiger partial charge in [-0.25, -0.2) is 0 Å². The molecule has 1 aliphatic rings. The molecule has 2 N–H and O–H groups in total. The highest BCUT2D eigenvalue weighted by atomic mass is 79.9. The third kappa shape index (κ3) is 4.45. The molecule has 116 valence electrons. The number of nitrogens with zero attached hydrogens (tertiary/aromatic N) is 1. The number of hydrogen-bond donors (Lipinski definition) is 1. The predicted molar refractivity (Wildman–Crippen MR) is 90.4 cm³/mol. The number of morpholine rings is 1. The van der Waals surface area contributed by atoms with E-state index < -0.39 is 6.04 Å². The van der Waals surface area contributed by atoms with Crippen LogP contribution in [0.5, 0.6) is 0 Å². The topological polar surface area (TPSA) is 55.6 Å². The Balaban J connectivity index is 2.00. The minimum absolute atomic E-state index is 0.0319. The van der Waals surface area contributed by atoms with Gasteiger partial charge < -0.3 is 15.4 Å². The SMILES string of the molecule is CSCC[C@H](N)C(=O)N1CCOC(c2ccccc2Br)C1. The van der Waals surface area contributed by atoms with Gasteiger partial charge >= 0.3 is 0 Å². The van der Waals surface area contributed by atoms with E-state index in [1.807, 2.05) is 35.4 Å². The molecule has 0 saturated carbocycles. The van der Waals surface area contributed by atoms with Gasteiger partial charge in [0, 0.05) is 11.0 Å². The summed E-state index contributed by atoms with van der Waals surface area (Å²) in [6.07, 6.45) is 2.65. The third-order valence-electron chi connectivity index (χ3n) is 3.58. The molecule has 0 radical (unpaired) electrons. The Labute approximate surface area is 138 Å². The molecular formula is C15H21BrN2O2S. The molecule has 0 aromatic heterocycles. The second kappa shape index (κ2) is 8.17. The van der Waals surface area contributed by atoms with Gasteiger partial charge in [-0.05, 0) is 30.1 Å². The number of nitrogens with two attached hydrogens (primary N) is 1. The summed E-state index contributed by atoms with van der Waals surface area (Å²) in [5, 5.41) is 0. The van der Waals surface area contributed by atoms with E-state index in [0.29, 0.717) is 19.7 Å². The second-order valence-corrected chi connectivity index (χ2v) is 6.89. The average molecular weight is 373 g/mol. The summed E-state index contributed by atoms with van der Waals surface area (Å²) in [7, 11) is 0. The first-order chi connectivity index (χ1) is 10.1. The number of carbonyl (C=O) groups is 1. The van der Waals surface area contributed by atoms with Crippen LogP contribution in [0.1, 0.15) is 18.1 Å². The predicted octanol–water partition coefficient (Wildman–Crippen LogP) is 2.43. The first kappa shape index (κ1) is 16.8. The van der Waals surface area contributed by atoms with Crippen molar-refractivity contribution in [2.24, 2.45) is 5.73 Å². The highest BCUT2D eigenvalue weighted by Gasteiger charge is 2.28. The molecule has 1 saturated heterocycles. The van der Waals surface area contributed by atoms with Crippen molar-refractivity contribution in [1.29, 1.82) is 0 Å². The fourth-order valence-electron chi connectivity index (χ4n) is 2.38. The summed E-state index contributed by atoms with van der Waals surface area (Å²) in [5.74, 6) is 0.940. The Bertz CT molecular complexity index is 486. The summed E-state index contributed by atoms with van der Waals surface area (Å²) in [6, 6.07) is 7.56. The van der Waals surface area contributed by atoms with Crippen molar-refractivity contribution in [1.82, 2.24) is 4.90 Å². The molecule has 1 fully saturated rings. The molecule has 0 bridgehead atoms. The van der Waals surface area contributed by atoms with E-state index in [1.165, 1.54) is 0 Å². The van der Waals surface area contributed by atoms with E-state index >= 15 is 0 Å². The van der Waals surface area contributed by atoms with Crippen LogP contribution in [0, 0.1) is 0 Å².